The molecule has 0 bridgehead atoms. The first kappa shape index (κ1) is 13.1. The Bertz CT molecular complexity index is 563. The van der Waals surface area contributed by atoms with Gasteiger partial charge in [0.2, 0.25) is 5.88 Å². The summed E-state index contributed by atoms with van der Waals surface area (Å²) >= 11 is 12.0. The van der Waals surface area contributed by atoms with E-state index in [1.165, 1.54) is 13.4 Å². The van der Waals surface area contributed by atoms with Crippen LogP contribution in [0.15, 0.2) is 30.6 Å². The fourth-order valence-electron chi connectivity index (χ4n) is 1.55. The highest BCUT2D eigenvalue weighted by atomic mass is 35.5. The molecule has 0 spiro atoms. The molecule has 1 aromatic carbocycles. The molecule has 1 aromatic heterocycles. The summed E-state index contributed by atoms with van der Waals surface area (Å²) < 4.78 is 5.03. The highest BCUT2D eigenvalue weighted by Gasteiger charge is 2.15. The monoisotopic (exact) mass is 283 g/mol. The van der Waals surface area contributed by atoms with Gasteiger partial charge in [0.1, 0.15) is 6.33 Å². The Morgan fingerprint density at radius 2 is 2.00 bits per heavy atom. The number of halogens is 2. The van der Waals surface area contributed by atoms with Crippen LogP contribution in [0.25, 0.3) is 0 Å². The van der Waals surface area contributed by atoms with Crippen molar-refractivity contribution in [3.63, 3.8) is 0 Å². The van der Waals surface area contributed by atoms with Crippen LogP contribution in [0.5, 0.6) is 5.88 Å². The summed E-state index contributed by atoms with van der Waals surface area (Å²) in [6.07, 6.45) is 1.40. The Balaban J connectivity index is 2.40. The van der Waals surface area contributed by atoms with Crippen molar-refractivity contribution in [3.8, 4) is 5.88 Å². The van der Waals surface area contributed by atoms with E-state index in [-0.39, 0.29) is 0 Å². The van der Waals surface area contributed by atoms with Crippen molar-refractivity contribution in [1.29, 1.82) is 0 Å². The second-order valence-electron chi connectivity index (χ2n) is 3.63. The Morgan fingerprint density at radius 3 is 2.72 bits per heavy atom. The largest absolute Gasteiger partial charge is 0.481 e. The molecule has 0 radical (unpaired) electrons. The molecule has 1 atom stereocenters. The van der Waals surface area contributed by atoms with E-state index in [1.54, 1.807) is 24.3 Å². The summed E-state index contributed by atoms with van der Waals surface area (Å²) in [6, 6.07) is 6.33. The predicted molar refractivity (Wildman–Crippen MR) is 71.1 cm³/mol. The molecule has 1 unspecified atom stereocenters. The Morgan fingerprint density at radius 1 is 1.22 bits per heavy atom. The van der Waals surface area contributed by atoms with E-state index in [0.29, 0.717) is 27.2 Å². The molecule has 0 saturated carbocycles. The molecule has 18 heavy (non-hydrogen) atoms. The molecule has 4 nitrogen and oxygen atoms in total. The number of nitrogens with two attached hydrogens (primary N) is 1. The molecule has 0 aliphatic rings. The van der Waals surface area contributed by atoms with Crippen LogP contribution in [-0.2, 0) is 0 Å². The molecule has 0 fully saturated rings. The minimum Gasteiger partial charge on any atom is -0.481 e. The van der Waals surface area contributed by atoms with Crippen LogP contribution in [0.2, 0.25) is 10.0 Å². The van der Waals surface area contributed by atoms with E-state index in [0.717, 1.165) is 0 Å². The summed E-state index contributed by atoms with van der Waals surface area (Å²) in [7, 11) is 1.53. The zero-order chi connectivity index (χ0) is 13.1. The van der Waals surface area contributed by atoms with Crippen molar-refractivity contribution in [2.75, 3.05) is 7.11 Å². The number of hydrogen-bond donors (Lipinski definition) is 1. The third-order valence-electron chi connectivity index (χ3n) is 2.48. The van der Waals surface area contributed by atoms with Crippen LogP contribution in [0.1, 0.15) is 17.3 Å². The Labute approximate surface area is 115 Å². The quantitative estimate of drug-likeness (QED) is 0.941. The van der Waals surface area contributed by atoms with E-state index < -0.39 is 6.04 Å². The van der Waals surface area contributed by atoms with Gasteiger partial charge in [0, 0.05) is 16.1 Å². The molecule has 2 aromatic rings. The van der Waals surface area contributed by atoms with Crippen molar-refractivity contribution < 1.29 is 4.74 Å². The van der Waals surface area contributed by atoms with Crippen LogP contribution in [0.4, 0.5) is 0 Å². The number of rotatable bonds is 3. The lowest BCUT2D eigenvalue weighted by Gasteiger charge is -2.14. The van der Waals surface area contributed by atoms with Gasteiger partial charge in [-0.15, -0.1) is 0 Å². The topological polar surface area (TPSA) is 61.0 Å². The molecule has 0 aliphatic carbocycles. The summed E-state index contributed by atoms with van der Waals surface area (Å²) in [5.74, 6) is 0.452. The van der Waals surface area contributed by atoms with Crippen LogP contribution < -0.4 is 10.5 Å². The van der Waals surface area contributed by atoms with Gasteiger partial charge in [-0.3, -0.25) is 0 Å². The van der Waals surface area contributed by atoms with E-state index >= 15 is 0 Å². The molecule has 1 heterocycles. The average Bonchev–Trinajstić information content (AvgIpc) is 2.41. The van der Waals surface area contributed by atoms with Gasteiger partial charge < -0.3 is 10.5 Å². The second-order valence-corrected chi connectivity index (χ2v) is 4.47. The van der Waals surface area contributed by atoms with Crippen LogP contribution >= 0.6 is 23.2 Å². The first-order valence-corrected chi connectivity index (χ1v) is 5.94. The molecular weight excluding hydrogens is 273 g/mol. The molecule has 2 rings (SSSR count). The van der Waals surface area contributed by atoms with Crippen molar-refractivity contribution in [3.05, 3.63) is 51.9 Å². The average molecular weight is 284 g/mol. The lowest BCUT2D eigenvalue weighted by molar-refractivity contribution is 0.395. The predicted octanol–water partition coefficient (Wildman–Crippen LogP) is 2.84. The van der Waals surface area contributed by atoms with Gasteiger partial charge in [0.05, 0.1) is 18.8 Å². The number of nitrogens with zero attached hydrogens (tertiary/aromatic N) is 2. The minimum absolute atomic E-state index is 0.452. The highest BCUT2D eigenvalue weighted by Crippen LogP contribution is 2.28. The normalized spacial score (nSPS) is 12.2. The Hall–Kier alpha value is -1.36. The third-order valence-corrected chi connectivity index (χ3v) is 3.06. The summed E-state index contributed by atoms with van der Waals surface area (Å²) in [5.41, 5.74) is 7.45. The molecule has 6 heteroatoms. The SMILES string of the molecule is COc1cc(C(N)c2cc(Cl)ccc2Cl)ncn1. The zero-order valence-corrected chi connectivity index (χ0v) is 11.1. The maximum atomic E-state index is 6.12. The summed E-state index contributed by atoms with van der Waals surface area (Å²) in [6.45, 7) is 0. The van der Waals surface area contributed by atoms with Crippen molar-refractivity contribution in [2.45, 2.75) is 6.04 Å². The van der Waals surface area contributed by atoms with Crippen molar-refractivity contribution >= 4 is 23.2 Å². The molecule has 0 aliphatic heterocycles. The lowest BCUT2D eigenvalue weighted by Crippen LogP contribution is -2.14. The van der Waals surface area contributed by atoms with E-state index in [2.05, 4.69) is 9.97 Å². The number of ether oxygens (including phenoxy) is 1. The van der Waals surface area contributed by atoms with Crippen LogP contribution in [-0.4, -0.2) is 17.1 Å². The van der Waals surface area contributed by atoms with E-state index in [9.17, 15) is 0 Å². The zero-order valence-electron chi connectivity index (χ0n) is 9.60. The summed E-state index contributed by atoms with van der Waals surface area (Å²) in [4.78, 5) is 8.04. The first-order chi connectivity index (χ1) is 8.61. The van der Waals surface area contributed by atoms with Gasteiger partial charge in [-0.25, -0.2) is 9.97 Å². The van der Waals surface area contributed by atoms with Gasteiger partial charge >= 0.3 is 0 Å². The fourth-order valence-corrected chi connectivity index (χ4v) is 1.96. The second kappa shape index (κ2) is 5.52. The van der Waals surface area contributed by atoms with E-state index in [1.807, 2.05) is 0 Å². The van der Waals surface area contributed by atoms with Crippen molar-refractivity contribution in [2.24, 2.45) is 5.73 Å². The number of benzene rings is 1. The molecule has 0 saturated heterocycles. The Kier molecular flexibility index (Phi) is 4.01. The highest BCUT2D eigenvalue weighted by molar-refractivity contribution is 6.33. The number of hydrogen-bond acceptors (Lipinski definition) is 4. The van der Waals surface area contributed by atoms with Crippen LogP contribution in [0.3, 0.4) is 0 Å². The van der Waals surface area contributed by atoms with Gasteiger partial charge in [-0.2, -0.15) is 0 Å². The molecule has 2 N–H and O–H groups in total. The maximum absolute atomic E-state index is 6.12. The maximum Gasteiger partial charge on any atom is 0.216 e. The molecule has 0 amide bonds. The minimum atomic E-state index is -0.479. The fraction of sp³-hybridized carbons (Fsp3) is 0.167. The van der Waals surface area contributed by atoms with Gasteiger partial charge in [0.15, 0.2) is 0 Å². The van der Waals surface area contributed by atoms with Gasteiger partial charge in [-0.1, -0.05) is 23.2 Å². The van der Waals surface area contributed by atoms with E-state index in [4.69, 9.17) is 33.7 Å². The van der Waals surface area contributed by atoms with Gasteiger partial charge in [-0.05, 0) is 23.8 Å². The number of aromatic nitrogens is 2. The number of methoxy groups -OCH3 is 1. The lowest BCUT2D eigenvalue weighted by atomic mass is 10.0. The molecular formula is C12H11Cl2N3O. The summed E-state index contributed by atoms with van der Waals surface area (Å²) in [5, 5.41) is 1.12. The standard InChI is InChI=1S/C12H11Cl2N3O/c1-18-11-5-10(16-6-17-11)12(15)8-4-7(13)2-3-9(8)14/h2-6,12H,15H2,1H3. The molecule has 94 valence electrons. The van der Waals surface area contributed by atoms with Crippen LogP contribution in [0, 0.1) is 0 Å². The first-order valence-electron chi connectivity index (χ1n) is 5.18. The van der Waals surface area contributed by atoms with Crippen molar-refractivity contribution in [1.82, 2.24) is 9.97 Å². The van der Waals surface area contributed by atoms with Gasteiger partial charge in [0.25, 0.3) is 0 Å². The third kappa shape index (κ3) is 2.72. The smallest absolute Gasteiger partial charge is 0.216 e.